The average Bonchev–Trinajstić information content (AvgIpc) is 2.38. The number of aryl methyl sites for hydroxylation is 1. The summed E-state index contributed by atoms with van der Waals surface area (Å²) in [6.07, 6.45) is 3.05. The maximum Gasteiger partial charge on any atom is 0.254 e. The lowest BCUT2D eigenvalue weighted by molar-refractivity contribution is 0.0502. The van der Waals surface area contributed by atoms with Crippen LogP contribution in [0.3, 0.4) is 0 Å². The largest absolute Gasteiger partial charge is 0.394 e. The fraction of sp³-hybridized carbons (Fsp3) is 0.500. The van der Waals surface area contributed by atoms with Crippen LogP contribution in [0.5, 0.6) is 0 Å². The summed E-state index contributed by atoms with van der Waals surface area (Å²) < 4.78 is 0. The highest BCUT2D eigenvalue weighted by Crippen LogP contribution is 2.20. The molecule has 0 aliphatic carbocycles. The smallest absolute Gasteiger partial charge is 0.254 e. The normalized spacial score (nSPS) is 20.4. The van der Waals surface area contributed by atoms with Crippen molar-refractivity contribution in [2.75, 3.05) is 13.2 Å². The highest BCUT2D eigenvalue weighted by Gasteiger charge is 2.27. The summed E-state index contributed by atoms with van der Waals surface area (Å²) in [5, 5.41) is 9.33. The second-order valence-electron chi connectivity index (χ2n) is 4.65. The number of aliphatic hydroxyl groups excluding tert-OH is 1. The minimum absolute atomic E-state index is 0.00384. The first kappa shape index (κ1) is 12.1. The number of hydrogen-bond donors (Lipinski definition) is 1. The van der Waals surface area contributed by atoms with E-state index in [4.69, 9.17) is 0 Å². The van der Waals surface area contributed by atoms with Gasteiger partial charge in [-0.15, -0.1) is 0 Å². The van der Waals surface area contributed by atoms with Gasteiger partial charge in [0.05, 0.1) is 12.6 Å². The van der Waals surface area contributed by atoms with Gasteiger partial charge in [-0.2, -0.15) is 0 Å². The Morgan fingerprint density at radius 2 is 2.18 bits per heavy atom. The van der Waals surface area contributed by atoms with Crippen molar-refractivity contribution in [2.45, 2.75) is 32.2 Å². The minimum Gasteiger partial charge on any atom is -0.394 e. The molecule has 3 nitrogen and oxygen atoms in total. The predicted molar refractivity (Wildman–Crippen MR) is 66.9 cm³/mol. The number of amides is 1. The molecule has 1 aromatic rings. The van der Waals surface area contributed by atoms with Crippen molar-refractivity contribution in [2.24, 2.45) is 0 Å². The van der Waals surface area contributed by atoms with Crippen LogP contribution in [0.4, 0.5) is 0 Å². The van der Waals surface area contributed by atoms with Crippen molar-refractivity contribution in [3.05, 3.63) is 35.4 Å². The fourth-order valence-corrected chi connectivity index (χ4v) is 2.43. The monoisotopic (exact) mass is 233 g/mol. The van der Waals surface area contributed by atoms with E-state index in [2.05, 4.69) is 0 Å². The van der Waals surface area contributed by atoms with Crippen molar-refractivity contribution >= 4 is 5.91 Å². The van der Waals surface area contributed by atoms with Crippen LogP contribution in [0.1, 0.15) is 35.2 Å². The second-order valence-corrected chi connectivity index (χ2v) is 4.65. The molecule has 0 bridgehead atoms. The van der Waals surface area contributed by atoms with E-state index < -0.39 is 0 Å². The Bertz CT molecular complexity index is 403. The number of piperidine rings is 1. The Morgan fingerprint density at radius 3 is 2.88 bits per heavy atom. The topological polar surface area (TPSA) is 40.5 Å². The Balaban J connectivity index is 2.21. The molecule has 1 N–H and O–H groups in total. The molecule has 0 aromatic heterocycles. The molecule has 1 amide bonds. The second kappa shape index (κ2) is 5.32. The van der Waals surface area contributed by atoms with Gasteiger partial charge in [0, 0.05) is 12.1 Å². The third-order valence-electron chi connectivity index (χ3n) is 3.47. The molecule has 1 aromatic carbocycles. The molecular weight excluding hydrogens is 214 g/mol. The van der Waals surface area contributed by atoms with Crippen LogP contribution in [0.15, 0.2) is 24.3 Å². The van der Waals surface area contributed by atoms with Crippen LogP contribution in [-0.4, -0.2) is 35.1 Å². The van der Waals surface area contributed by atoms with E-state index in [9.17, 15) is 9.90 Å². The average molecular weight is 233 g/mol. The van der Waals surface area contributed by atoms with Crippen molar-refractivity contribution in [1.82, 2.24) is 4.90 Å². The number of nitrogens with zero attached hydrogens (tertiary/aromatic N) is 1. The molecule has 0 spiro atoms. The highest BCUT2D eigenvalue weighted by molar-refractivity contribution is 5.95. The summed E-state index contributed by atoms with van der Waals surface area (Å²) in [7, 11) is 0. The molecule has 1 aliphatic rings. The maximum atomic E-state index is 12.4. The third kappa shape index (κ3) is 2.50. The van der Waals surface area contributed by atoms with E-state index in [0.29, 0.717) is 0 Å². The van der Waals surface area contributed by atoms with Gasteiger partial charge < -0.3 is 10.0 Å². The molecule has 3 heteroatoms. The van der Waals surface area contributed by atoms with Gasteiger partial charge in [0.15, 0.2) is 0 Å². The molecule has 0 saturated carbocycles. The molecule has 1 aliphatic heterocycles. The predicted octanol–water partition coefficient (Wildman–Crippen LogP) is 1.98. The molecule has 1 heterocycles. The number of carbonyl (C=O) groups excluding carboxylic acids is 1. The Hall–Kier alpha value is -1.35. The van der Waals surface area contributed by atoms with Crippen LogP contribution in [0.25, 0.3) is 0 Å². The Morgan fingerprint density at radius 1 is 1.41 bits per heavy atom. The summed E-state index contributed by atoms with van der Waals surface area (Å²) >= 11 is 0. The first-order valence-corrected chi connectivity index (χ1v) is 6.21. The first-order chi connectivity index (χ1) is 8.24. The van der Waals surface area contributed by atoms with Crippen LogP contribution >= 0.6 is 0 Å². The molecule has 1 fully saturated rings. The lowest BCUT2D eigenvalue weighted by atomic mass is 10.00. The number of rotatable bonds is 2. The summed E-state index contributed by atoms with van der Waals surface area (Å²) in [6, 6.07) is 7.63. The van der Waals surface area contributed by atoms with Gasteiger partial charge in [-0.1, -0.05) is 18.2 Å². The fourth-order valence-electron chi connectivity index (χ4n) is 2.43. The number of hydrogen-bond acceptors (Lipinski definition) is 2. The maximum absolute atomic E-state index is 12.4. The van der Waals surface area contributed by atoms with Crippen molar-refractivity contribution in [3.8, 4) is 0 Å². The number of benzene rings is 1. The summed E-state index contributed by atoms with van der Waals surface area (Å²) in [4.78, 5) is 14.2. The van der Waals surface area contributed by atoms with Crippen LogP contribution in [-0.2, 0) is 0 Å². The molecular formula is C14H19NO2. The Kier molecular flexibility index (Phi) is 3.79. The molecule has 1 atom stereocenters. The summed E-state index contributed by atoms with van der Waals surface area (Å²) in [6.45, 7) is 2.78. The van der Waals surface area contributed by atoms with Gasteiger partial charge in [-0.05, 0) is 37.8 Å². The van der Waals surface area contributed by atoms with E-state index in [0.717, 1.165) is 36.9 Å². The standard InChI is InChI=1S/C14H19NO2/c1-11-6-2-3-8-13(11)14(17)15-9-5-4-7-12(15)10-16/h2-3,6,8,12,16H,4-5,7,9-10H2,1H3/t12-/m1/s1. The molecule has 17 heavy (non-hydrogen) atoms. The summed E-state index contributed by atoms with van der Waals surface area (Å²) in [5.41, 5.74) is 1.76. The zero-order valence-electron chi connectivity index (χ0n) is 10.2. The number of aliphatic hydroxyl groups is 1. The van der Waals surface area contributed by atoms with Gasteiger partial charge >= 0.3 is 0 Å². The van der Waals surface area contributed by atoms with Gasteiger partial charge in [0.25, 0.3) is 5.91 Å². The zero-order chi connectivity index (χ0) is 12.3. The van der Waals surface area contributed by atoms with E-state index >= 15 is 0 Å². The van der Waals surface area contributed by atoms with E-state index in [1.54, 1.807) is 0 Å². The number of likely N-dealkylation sites (tertiary alicyclic amines) is 1. The molecule has 92 valence electrons. The van der Waals surface area contributed by atoms with Gasteiger partial charge in [0.1, 0.15) is 0 Å². The van der Waals surface area contributed by atoms with E-state index in [-0.39, 0.29) is 18.6 Å². The zero-order valence-corrected chi connectivity index (χ0v) is 10.2. The molecule has 2 rings (SSSR count). The van der Waals surface area contributed by atoms with Gasteiger partial charge in [-0.25, -0.2) is 0 Å². The van der Waals surface area contributed by atoms with Gasteiger partial charge in [0.2, 0.25) is 0 Å². The molecule has 1 saturated heterocycles. The minimum atomic E-state index is -0.00384. The highest BCUT2D eigenvalue weighted by atomic mass is 16.3. The SMILES string of the molecule is Cc1ccccc1C(=O)N1CCCC[C@@H]1CO. The quantitative estimate of drug-likeness (QED) is 0.848. The van der Waals surface area contributed by atoms with Crippen molar-refractivity contribution in [3.63, 3.8) is 0 Å². The lowest BCUT2D eigenvalue weighted by Crippen LogP contribution is -2.45. The number of carbonyl (C=O) groups is 1. The summed E-state index contributed by atoms with van der Waals surface area (Å²) in [5.74, 6) is 0.0573. The van der Waals surface area contributed by atoms with Crippen LogP contribution in [0, 0.1) is 6.92 Å². The van der Waals surface area contributed by atoms with Gasteiger partial charge in [-0.3, -0.25) is 4.79 Å². The van der Waals surface area contributed by atoms with E-state index in [1.165, 1.54) is 0 Å². The van der Waals surface area contributed by atoms with Crippen LogP contribution < -0.4 is 0 Å². The third-order valence-corrected chi connectivity index (χ3v) is 3.47. The molecule has 0 unspecified atom stereocenters. The van der Waals surface area contributed by atoms with Crippen molar-refractivity contribution < 1.29 is 9.90 Å². The lowest BCUT2D eigenvalue weighted by Gasteiger charge is -2.35. The Labute approximate surface area is 102 Å². The van der Waals surface area contributed by atoms with Crippen molar-refractivity contribution in [1.29, 1.82) is 0 Å². The molecule has 0 radical (unpaired) electrons. The van der Waals surface area contributed by atoms with Crippen LogP contribution in [0.2, 0.25) is 0 Å². The van der Waals surface area contributed by atoms with E-state index in [1.807, 2.05) is 36.1 Å². The first-order valence-electron chi connectivity index (χ1n) is 6.21.